The van der Waals surface area contributed by atoms with Crippen LogP contribution in [-0.2, 0) is 30.0 Å². The van der Waals surface area contributed by atoms with E-state index < -0.39 is 20.2 Å². The lowest BCUT2D eigenvalue weighted by Crippen LogP contribution is -2.68. The van der Waals surface area contributed by atoms with Crippen LogP contribution in [-0.4, -0.2) is 77.9 Å². The summed E-state index contributed by atoms with van der Waals surface area (Å²) in [6.45, 7) is 17.6. The van der Waals surface area contributed by atoms with Crippen LogP contribution < -0.4 is 4.74 Å². The monoisotopic (exact) mass is 776 g/mol. The average Bonchev–Trinajstić information content (AvgIpc) is 2.83. The minimum absolute atomic E-state index is 0.0357. The summed E-state index contributed by atoms with van der Waals surface area (Å²) in [5, 5.41) is 12.0. The molecule has 0 aromatic heterocycles. The Morgan fingerprint density at radius 2 is 1.61 bits per heavy atom. The lowest BCUT2D eigenvalue weighted by molar-refractivity contribution is -0.281. The number of hydrogen-bond donors (Lipinski definition) is 1. The average molecular weight is 777 g/mol. The zero-order chi connectivity index (χ0) is 28.6. The number of rotatable bonds is 8. The Balaban J connectivity index is 1.76. The molecule has 2 saturated heterocycles. The third-order valence-corrected chi connectivity index (χ3v) is 16.3. The van der Waals surface area contributed by atoms with Crippen LogP contribution in [0.2, 0.25) is 18.1 Å². The summed E-state index contributed by atoms with van der Waals surface area (Å²) < 4.78 is 37.1. The van der Waals surface area contributed by atoms with Gasteiger partial charge in [-0.3, -0.25) is 0 Å². The first-order valence-corrected chi connectivity index (χ1v) is 18.7. The Bertz CT molecular complexity index is 907. The molecular formula is C28H46I2O7Si. The number of ether oxygens (including phenoxy) is 5. The van der Waals surface area contributed by atoms with E-state index in [4.69, 9.17) is 28.1 Å². The van der Waals surface area contributed by atoms with Gasteiger partial charge in [-0.2, -0.15) is 0 Å². The van der Waals surface area contributed by atoms with Crippen molar-refractivity contribution in [3.63, 3.8) is 0 Å². The van der Waals surface area contributed by atoms with E-state index in [2.05, 4.69) is 86.0 Å². The van der Waals surface area contributed by atoms with Crippen molar-refractivity contribution >= 4 is 53.5 Å². The molecule has 0 amide bonds. The molecule has 0 spiro atoms. The zero-order valence-electron chi connectivity index (χ0n) is 24.4. The molecule has 10 atom stereocenters. The van der Waals surface area contributed by atoms with Crippen molar-refractivity contribution in [1.29, 1.82) is 0 Å². The lowest BCUT2D eigenvalue weighted by Gasteiger charge is -2.55. The van der Waals surface area contributed by atoms with Gasteiger partial charge >= 0.3 is 0 Å². The quantitative estimate of drug-likeness (QED) is 0.194. The molecule has 38 heavy (non-hydrogen) atoms. The molecule has 1 N–H and O–H groups in total. The van der Waals surface area contributed by atoms with Gasteiger partial charge in [0.25, 0.3) is 0 Å². The molecule has 2 fully saturated rings. The van der Waals surface area contributed by atoms with Gasteiger partial charge in [0.15, 0.2) is 14.6 Å². The van der Waals surface area contributed by atoms with Gasteiger partial charge in [-0.05, 0) is 56.6 Å². The molecule has 2 aliphatic rings. The van der Waals surface area contributed by atoms with E-state index >= 15 is 0 Å². The van der Waals surface area contributed by atoms with Gasteiger partial charge in [0, 0.05) is 13.0 Å². The van der Waals surface area contributed by atoms with Crippen LogP contribution in [0.3, 0.4) is 0 Å². The van der Waals surface area contributed by atoms with E-state index in [0.717, 1.165) is 11.3 Å². The maximum Gasteiger partial charge on any atom is 0.192 e. The van der Waals surface area contributed by atoms with Crippen LogP contribution in [0.25, 0.3) is 0 Å². The molecule has 1 aromatic rings. The standard InChI is InChI=1S/C28H46I2O7Si/c1-16-20(23-21(29)24(33-8)22(17(2)35-23)37-38(9,10)27(3,4)5)28(6,31)25(30)26(36-16)34-15-18-11-13-19(32-7)14-12-18/h11-14,16-17,20-26,31H,15H2,1-10H3/t16-,17+,20+,21-,22+,23-,24+,25-,26+,28+/m0/s1. The fraction of sp³-hybridized carbons (Fsp3) is 0.786. The molecule has 1 aromatic carbocycles. The normalized spacial score (nSPS) is 38.7. The van der Waals surface area contributed by atoms with Gasteiger partial charge < -0.3 is 33.2 Å². The highest BCUT2D eigenvalue weighted by Gasteiger charge is 2.59. The Kier molecular flexibility index (Phi) is 11.1. The minimum Gasteiger partial charge on any atom is -0.497 e. The second-order valence-corrected chi connectivity index (χ2v) is 19.9. The summed E-state index contributed by atoms with van der Waals surface area (Å²) in [5.41, 5.74) is -0.0814. The minimum atomic E-state index is -2.05. The van der Waals surface area contributed by atoms with Crippen molar-refractivity contribution in [2.45, 2.75) is 117 Å². The molecule has 2 heterocycles. The van der Waals surface area contributed by atoms with Crippen molar-refractivity contribution in [3.8, 4) is 5.75 Å². The molecule has 3 rings (SSSR count). The topological polar surface area (TPSA) is 75.6 Å². The Labute approximate surface area is 257 Å². The van der Waals surface area contributed by atoms with Crippen molar-refractivity contribution in [2.75, 3.05) is 14.2 Å². The van der Waals surface area contributed by atoms with Crippen LogP contribution in [0.1, 0.15) is 47.1 Å². The lowest BCUT2D eigenvalue weighted by atomic mass is 9.74. The Morgan fingerprint density at radius 3 is 2.13 bits per heavy atom. The third kappa shape index (κ3) is 6.91. The fourth-order valence-corrected chi connectivity index (χ4v) is 8.66. The molecule has 2 aliphatic heterocycles. The Hall–Kier alpha value is 0.457. The summed E-state index contributed by atoms with van der Waals surface area (Å²) in [6.07, 6.45) is -1.66. The first-order valence-electron chi connectivity index (χ1n) is 13.3. The van der Waals surface area contributed by atoms with E-state index in [0.29, 0.717) is 6.61 Å². The molecule has 7 nitrogen and oxygen atoms in total. The molecule has 0 aliphatic carbocycles. The SMILES string of the molecule is COc1ccc(CO[C@@H]2O[C@@H](C)[C@H]([C@@H]3O[C@H](C)[C@@H](O[Si](C)(C)C(C)(C)C)[C@H](OC)[C@H]3I)[C@@](C)(O)[C@H]2I)cc1. The highest BCUT2D eigenvalue weighted by Crippen LogP contribution is 2.47. The van der Waals surface area contributed by atoms with Gasteiger partial charge in [-0.1, -0.05) is 78.1 Å². The van der Waals surface area contributed by atoms with E-state index in [1.54, 1.807) is 14.2 Å². The summed E-state index contributed by atoms with van der Waals surface area (Å²) in [4.78, 5) is 0. The van der Waals surface area contributed by atoms with E-state index in [1.165, 1.54) is 0 Å². The smallest absolute Gasteiger partial charge is 0.192 e. The second-order valence-electron chi connectivity index (χ2n) is 12.3. The van der Waals surface area contributed by atoms with Crippen LogP contribution in [0, 0.1) is 5.92 Å². The fourth-order valence-electron chi connectivity index (χ4n) is 5.19. The van der Waals surface area contributed by atoms with Crippen molar-refractivity contribution < 1.29 is 33.2 Å². The first kappa shape index (κ1) is 33.0. The van der Waals surface area contributed by atoms with Gasteiger partial charge in [0.1, 0.15) is 5.75 Å². The van der Waals surface area contributed by atoms with E-state index in [-0.39, 0.29) is 49.3 Å². The van der Waals surface area contributed by atoms with Crippen LogP contribution in [0.15, 0.2) is 24.3 Å². The zero-order valence-corrected chi connectivity index (χ0v) is 29.7. The highest BCUT2D eigenvalue weighted by molar-refractivity contribution is 14.1. The molecule has 0 bridgehead atoms. The van der Waals surface area contributed by atoms with Crippen molar-refractivity contribution in [1.82, 2.24) is 0 Å². The van der Waals surface area contributed by atoms with Gasteiger partial charge in [0.2, 0.25) is 0 Å². The molecule has 10 heteroatoms. The summed E-state index contributed by atoms with van der Waals surface area (Å²) in [6, 6.07) is 7.76. The summed E-state index contributed by atoms with van der Waals surface area (Å²) in [5.74, 6) is 0.524. The predicted octanol–water partition coefficient (Wildman–Crippen LogP) is 6.12. The maximum absolute atomic E-state index is 12.0. The Morgan fingerprint density at radius 1 is 1.00 bits per heavy atom. The molecule has 0 radical (unpaired) electrons. The molecule has 0 unspecified atom stereocenters. The number of halogens is 2. The third-order valence-electron chi connectivity index (χ3n) is 8.55. The van der Waals surface area contributed by atoms with Gasteiger partial charge in [-0.25, -0.2) is 0 Å². The first-order chi connectivity index (χ1) is 17.5. The molecule has 0 saturated carbocycles. The van der Waals surface area contributed by atoms with E-state index in [9.17, 15) is 5.11 Å². The predicted molar refractivity (Wildman–Crippen MR) is 169 cm³/mol. The number of methoxy groups -OCH3 is 2. The van der Waals surface area contributed by atoms with Crippen LogP contribution in [0.4, 0.5) is 0 Å². The number of aliphatic hydroxyl groups is 1. The number of benzene rings is 1. The largest absolute Gasteiger partial charge is 0.497 e. The summed E-state index contributed by atoms with van der Waals surface area (Å²) in [7, 11) is 1.34. The van der Waals surface area contributed by atoms with Gasteiger partial charge in [0.05, 0.1) is 57.7 Å². The van der Waals surface area contributed by atoms with Crippen molar-refractivity contribution in [2.24, 2.45) is 5.92 Å². The highest BCUT2D eigenvalue weighted by atomic mass is 127. The van der Waals surface area contributed by atoms with Crippen molar-refractivity contribution in [3.05, 3.63) is 29.8 Å². The van der Waals surface area contributed by atoms with Gasteiger partial charge in [-0.15, -0.1) is 0 Å². The molecule has 218 valence electrons. The summed E-state index contributed by atoms with van der Waals surface area (Å²) >= 11 is 4.69. The van der Waals surface area contributed by atoms with Crippen LogP contribution in [0.5, 0.6) is 5.75 Å². The van der Waals surface area contributed by atoms with Crippen LogP contribution >= 0.6 is 45.2 Å². The number of alkyl halides is 2. The maximum atomic E-state index is 12.0. The van der Waals surface area contributed by atoms with E-state index in [1.807, 2.05) is 38.1 Å². The second kappa shape index (κ2) is 12.8. The molecular weight excluding hydrogens is 730 g/mol. The number of hydrogen-bond acceptors (Lipinski definition) is 7.